The number of nitrogens with two attached hydrogens (primary N) is 1. The minimum absolute atomic E-state index is 0.0923. The Bertz CT molecular complexity index is 843. The van der Waals surface area contributed by atoms with Gasteiger partial charge in [-0.3, -0.25) is 10.2 Å². The van der Waals surface area contributed by atoms with E-state index < -0.39 is 6.10 Å². The molecule has 2 fully saturated rings. The Kier molecular flexibility index (Phi) is 7.62. The fraction of sp³-hybridized carbons (Fsp3) is 0.704. The Balaban J connectivity index is 1.31. The number of hydrogen-bond acceptors (Lipinski definition) is 4. The third kappa shape index (κ3) is 5.89. The average Bonchev–Trinajstić information content (AvgIpc) is 3.24. The van der Waals surface area contributed by atoms with E-state index in [1.54, 1.807) is 0 Å². The number of carbonyl (C=O) groups excluding carboxylic acids is 1. The van der Waals surface area contributed by atoms with E-state index >= 15 is 0 Å². The second-order valence-corrected chi connectivity index (χ2v) is 10.9. The molecule has 182 valence electrons. The minimum atomic E-state index is -0.428. The van der Waals surface area contributed by atoms with Gasteiger partial charge in [0.15, 0.2) is 6.10 Å². The van der Waals surface area contributed by atoms with Crippen molar-refractivity contribution in [2.75, 3.05) is 11.4 Å². The van der Waals surface area contributed by atoms with Crippen molar-refractivity contribution in [3.05, 3.63) is 24.3 Å². The maximum Gasteiger partial charge on any atom is 0.268 e. The van der Waals surface area contributed by atoms with Gasteiger partial charge in [0.25, 0.3) is 5.91 Å². The zero-order chi connectivity index (χ0) is 23.4. The summed E-state index contributed by atoms with van der Waals surface area (Å²) in [6.45, 7) is 5.41. The van der Waals surface area contributed by atoms with E-state index in [2.05, 4.69) is 19.2 Å². The molecule has 3 aliphatic rings. The van der Waals surface area contributed by atoms with E-state index in [1.165, 1.54) is 32.1 Å². The summed E-state index contributed by atoms with van der Waals surface area (Å²) in [7, 11) is 0. The highest BCUT2D eigenvalue weighted by Gasteiger charge is 2.38. The number of unbranched alkanes of at least 4 members (excludes halogenated alkanes) is 2. The van der Waals surface area contributed by atoms with E-state index in [0.717, 1.165) is 56.5 Å². The summed E-state index contributed by atoms with van der Waals surface area (Å²) in [6.07, 6.45) is 11.6. The largest absolute Gasteiger partial charge is 0.478 e. The fourth-order valence-corrected chi connectivity index (χ4v) is 6.23. The summed E-state index contributed by atoms with van der Waals surface area (Å²) in [5.41, 5.74) is 6.89. The number of amidine groups is 1. The second-order valence-electron chi connectivity index (χ2n) is 10.9. The molecular weight excluding hydrogens is 412 g/mol. The number of para-hydroxylation sites is 2. The molecular formula is C27H42N4O2. The van der Waals surface area contributed by atoms with Gasteiger partial charge in [0, 0.05) is 24.0 Å². The molecule has 0 radical (unpaired) electrons. The third-order valence-electron chi connectivity index (χ3n) is 8.07. The quantitative estimate of drug-likeness (QED) is 0.278. The van der Waals surface area contributed by atoms with Crippen LogP contribution in [0.25, 0.3) is 0 Å². The molecule has 3 unspecified atom stereocenters. The summed E-state index contributed by atoms with van der Waals surface area (Å²) < 4.78 is 6.18. The number of piperidine rings is 1. The molecule has 1 aromatic carbocycles. The molecule has 0 aromatic heterocycles. The highest BCUT2D eigenvalue weighted by Crippen LogP contribution is 2.39. The first kappa shape index (κ1) is 24.1. The summed E-state index contributed by atoms with van der Waals surface area (Å²) in [5, 5.41) is 11.5. The van der Waals surface area contributed by atoms with Crippen LogP contribution < -0.4 is 20.7 Å². The van der Waals surface area contributed by atoms with Crippen molar-refractivity contribution in [3.8, 4) is 5.75 Å². The first-order chi connectivity index (χ1) is 15.8. The van der Waals surface area contributed by atoms with Gasteiger partial charge in [-0.2, -0.15) is 0 Å². The summed E-state index contributed by atoms with van der Waals surface area (Å²) in [5.74, 6) is 1.75. The molecule has 33 heavy (non-hydrogen) atoms. The van der Waals surface area contributed by atoms with Crippen molar-refractivity contribution in [3.63, 3.8) is 0 Å². The van der Waals surface area contributed by atoms with Gasteiger partial charge in [-0.15, -0.1) is 0 Å². The number of ether oxygens (including phenoxy) is 1. The van der Waals surface area contributed by atoms with Gasteiger partial charge < -0.3 is 20.7 Å². The van der Waals surface area contributed by atoms with Gasteiger partial charge in [0.2, 0.25) is 0 Å². The van der Waals surface area contributed by atoms with Gasteiger partial charge in [0.1, 0.15) is 5.75 Å². The number of hydrogen-bond donors (Lipinski definition) is 3. The summed E-state index contributed by atoms with van der Waals surface area (Å²) >= 11 is 0. The lowest BCUT2D eigenvalue weighted by molar-refractivity contribution is -0.127. The van der Waals surface area contributed by atoms with Crippen molar-refractivity contribution in [2.45, 2.75) is 102 Å². The second kappa shape index (κ2) is 10.5. The maximum atomic E-state index is 13.4. The van der Waals surface area contributed by atoms with Crippen LogP contribution in [0.3, 0.4) is 0 Å². The standard InChI is InChI=1S/C27H42N4O2/c1-19-9-8-15-27(2,30-19)14-6-3-7-16-31-22-10-4-5-11-23(22)33-24(26(31)32)18-20-12-13-21(17-20)25(28)29/h4-5,10-11,19-21,24,30H,3,6-9,12-18H2,1-2H3,(H3,28,29)/t19-,20?,21?,24?,27+/m0/s1. The van der Waals surface area contributed by atoms with Crippen LogP contribution in [0.4, 0.5) is 5.69 Å². The van der Waals surface area contributed by atoms with E-state index in [0.29, 0.717) is 12.0 Å². The molecule has 4 rings (SSSR count). The highest BCUT2D eigenvalue weighted by molar-refractivity contribution is 6.00. The number of rotatable bonds is 9. The summed E-state index contributed by atoms with van der Waals surface area (Å²) in [6, 6.07) is 8.55. The first-order valence-corrected chi connectivity index (χ1v) is 13.0. The lowest BCUT2D eigenvalue weighted by atomic mass is 9.84. The van der Waals surface area contributed by atoms with E-state index in [9.17, 15) is 4.79 Å². The molecule has 5 atom stereocenters. The van der Waals surface area contributed by atoms with Crippen LogP contribution >= 0.6 is 0 Å². The van der Waals surface area contributed by atoms with Crippen LogP contribution in [-0.2, 0) is 4.79 Å². The smallest absolute Gasteiger partial charge is 0.268 e. The number of nitrogens with zero attached hydrogens (tertiary/aromatic N) is 1. The lowest BCUT2D eigenvalue weighted by Crippen LogP contribution is -2.50. The SMILES string of the molecule is C[C@H]1CCC[C@@](C)(CCCCCN2C(=O)C(CC3CCC(C(=N)N)C3)Oc3ccccc32)N1. The molecule has 1 amide bonds. The van der Waals surface area contributed by atoms with Crippen LogP contribution in [-0.4, -0.2) is 36.0 Å². The zero-order valence-electron chi connectivity index (χ0n) is 20.4. The number of amides is 1. The fourth-order valence-electron chi connectivity index (χ4n) is 6.23. The Hall–Kier alpha value is -2.08. The monoisotopic (exact) mass is 454 g/mol. The van der Waals surface area contributed by atoms with Gasteiger partial charge in [-0.25, -0.2) is 0 Å². The molecule has 0 bridgehead atoms. The average molecular weight is 455 g/mol. The Morgan fingerprint density at radius 2 is 2.06 bits per heavy atom. The first-order valence-electron chi connectivity index (χ1n) is 13.0. The Labute approximate surface area is 199 Å². The number of carbonyl (C=O) groups is 1. The van der Waals surface area contributed by atoms with Crippen molar-refractivity contribution < 1.29 is 9.53 Å². The van der Waals surface area contributed by atoms with Crippen LogP contribution in [0.1, 0.15) is 84.5 Å². The minimum Gasteiger partial charge on any atom is -0.478 e. The van der Waals surface area contributed by atoms with Crippen molar-refractivity contribution >= 4 is 17.4 Å². The Morgan fingerprint density at radius 3 is 2.82 bits per heavy atom. The molecule has 2 aliphatic heterocycles. The predicted molar refractivity (Wildman–Crippen MR) is 134 cm³/mol. The van der Waals surface area contributed by atoms with Crippen molar-refractivity contribution in [1.29, 1.82) is 5.41 Å². The number of nitrogens with one attached hydrogen (secondary N) is 2. The lowest BCUT2D eigenvalue weighted by Gasteiger charge is -2.39. The molecule has 1 aromatic rings. The number of anilines is 1. The highest BCUT2D eigenvalue weighted by atomic mass is 16.5. The third-order valence-corrected chi connectivity index (χ3v) is 8.07. The molecule has 6 nitrogen and oxygen atoms in total. The number of benzene rings is 1. The topological polar surface area (TPSA) is 91.4 Å². The van der Waals surface area contributed by atoms with Crippen LogP contribution in [0.15, 0.2) is 24.3 Å². The van der Waals surface area contributed by atoms with Gasteiger partial charge >= 0.3 is 0 Å². The van der Waals surface area contributed by atoms with Crippen LogP contribution in [0.5, 0.6) is 5.75 Å². The zero-order valence-corrected chi connectivity index (χ0v) is 20.4. The van der Waals surface area contributed by atoms with E-state index in [-0.39, 0.29) is 23.2 Å². The van der Waals surface area contributed by atoms with Crippen molar-refractivity contribution in [1.82, 2.24) is 5.32 Å². The van der Waals surface area contributed by atoms with Gasteiger partial charge in [0.05, 0.1) is 11.5 Å². The van der Waals surface area contributed by atoms with E-state index in [1.807, 2.05) is 29.2 Å². The predicted octanol–water partition coefficient (Wildman–Crippen LogP) is 5.00. The molecule has 6 heteroatoms. The molecule has 1 saturated carbocycles. The van der Waals surface area contributed by atoms with E-state index in [4.69, 9.17) is 15.9 Å². The Morgan fingerprint density at radius 1 is 1.24 bits per heavy atom. The number of fused-ring (bicyclic) bond motifs is 1. The van der Waals surface area contributed by atoms with Crippen LogP contribution in [0.2, 0.25) is 0 Å². The van der Waals surface area contributed by atoms with Crippen molar-refractivity contribution in [2.24, 2.45) is 17.6 Å². The molecule has 2 heterocycles. The molecule has 0 spiro atoms. The molecule has 1 aliphatic carbocycles. The molecule has 4 N–H and O–H groups in total. The normalized spacial score (nSPS) is 31.8. The maximum absolute atomic E-state index is 13.4. The molecule has 1 saturated heterocycles. The summed E-state index contributed by atoms with van der Waals surface area (Å²) in [4.78, 5) is 15.4. The van der Waals surface area contributed by atoms with Crippen LogP contribution in [0, 0.1) is 17.2 Å². The van der Waals surface area contributed by atoms with Gasteiger partial charge in [-0.1, -0.05) is 31.4 Å². The van der Waals surface area contributed by atoms with Gasteiger partial charge in [-0.05, 0) is 83.3 Å².